The normalized spacial score (nSPS) is 10.8. The molecule has 26 heavy (non-hydrogen) atoms. The number of halogens is 1. The van der Waals surface area contributed by atoms with Crippen molar-refractivity contribution in [3.63, 3.8) is 0 Å². The van der Waals surface area contributed by atoms with Gasteiger partial charge in [-0.3, -0.25) is 5.10 Å². The molecule has 2 heterocycles. The van der Waals surface area contributed by atoms with Crippen molar-refractivity contribution in [3.05, 3.63) is 70.5 Å². The third-order valence-corrected chi connectivity index (χ3v) is 4.73. The fourth-order valence-corrected chi connectivity index (χ4v) is 3.02. The highest BCUT2D eigenvalue weighted by molar-refractivity contribution is 9.10. The van der Waals surface area contributed by atoms with Gasteiger partial charge in [-0.15, -0.1) is 0 Å². The van der Waals surface area contributed by atoms with Crippen molar-refractivity contribution < 1.29 is 0 Å². The van der Waals surface area contributed by atoms with Gasteiger partial charge in [-0.05, 0) is 52.2 Å². The van der Waals surface area contributed by atoms with Crippen LogP contribution in [0.2, 0.25) is 0 Å². The van der Waals surface area contributed by atoms with Crippen LogP contribution in [0.15, 0.2) is 59.3 Å². The summed E-state index contributed by atoms with van der Waals surface area (Å²) in [6, 6.07) is 14.2. The number of nitrogens with zero attached hydrogens (tertiary/aromatic N) is 3. The Morgan fingerprint density at radius 2 is 2.00 bits per heavy atom. The van der Waals surface area contributed by atoms with E-state index in [-0.39, 0.29) is 0 Å². The first kappa shape index (κ1) is 16.5. The monoisotopic (exact) mass is 408 g/mol. The minimum atomic E-state index is 0.531. The van der Waals surface area contributed by atoms with Crippen LogP contribution in [0, 0.1) is 6.92 Å². The zero-order chi connectivity index (χ0) is 17.9. The lowest BCUT2D eigenvalue weighted by molar-refractivity contribution is 1.06. The number of anilines is 3. The fraction of sp³-hybridized carbons (Fsp3) is 0.105. The van der Waals surface area contributed by atoms with Crippen LogP contribution in [0.1, 0.15) is 11.1 Å². The zero-order valence-electron chi connectivity index (χ0n) is 14.1. The third-order valence-electron chi connectivity index (χ3n) is 4.15. The molecule has 3 N–H and O–H groups in total. The van der Waals surface area contributed by atoms with E-state index in [1.54, 1.807) is 12.4 Å². The summed E-state index contributed by atoms with van der Waals surface area (Å²) in [5.74, 6) is 1.28. The number of fused-ring (bicyclic) bond motifs is 1. The number of benzene rings is 2. The molecule has 4 aromatic rings. The summed E-state index contributed by atoms with van der Waals surface area (Å²) in [7, 11) is 0. The van der Waals surface area contributed by atoms with E-state index in [1.165, 1.54) is 11.1 Å². The van der Waals surface area contributed by atoms with Crippen molar-refractivity contribution >= 4 is 44.3 Å². The Kier molecular flexibility index (Phi) is 4.53. The average Bonchev–Trinajstić information content (AvgIpc) is 3.11. The molecule has 0 radical (unpaired) electrons. The highest BCUT2D eigenvalue weighted by Crippen LogP contribution is 2.24. The van der Waals surface area contributed by atoms with E-state index in [0.717, 1.165) is 26.9 Å². The summed E-state index contributed by atoms with van der Waals surface area (Å²) in [4.78, 5) is 8.92. The lowest BCUT2D eigenvalue weighted by atomic mass is 10.1. The molecule has 4 rings (SSSR count). The quantitative estimate of drug-likeness (QED) is 0.442. The van der Waals surface area contributed by atoms with E-state index >= 15 is 0 Å². The van der Waals surface area contributed by atoms with Crippen molar-refractivity contribution in [2.75, 3.05) is 10.6 Å². The first-order valence-corrected chi connectivity index (χ1v) is 8.99. The fourth-order valence-electron chi connectivity index (χ4n) is 2.69. The molecule has 0 saturated carbocycles. The molecule has 0 amide bonds. The molecule has 2 aromatic heterocycles. The number of H-pyrrole nitrogens is 1. The van der Waals surface area contributed by atoms with Crippen LogP contribution in [0.4, 0.5) is 17.5 Å². The predicted molar refractivity (Wildman–Crippen MR) is 108 cm³/mol. The zero-order valence-corrected chi connectivity index (χ0v) is 15.7. The molecule has 0 aliphatic carbocycles. The molecule has 7 heteroatoms. The second-order valence-corrected chi connectivity index (χ2v) is 6.82. The Balaban J connectivity index is 1.52. The van der Waals surface area contributed by atoms with Crippen molar-refractivity contribution in [2.45, 2.75) is 13.5 Å². The highest BCUT2D eigenvalue weighted by Gasteiger charge is 2.07. The molecule has 0 unspecified atom stereocenters. The van der Waals surface area contributed by atoms with Crippen LogP contribution in [-0.2, 0) is 6.54 Å². The van der Waals surface area contributed by atoms with Gasteiger partial charge in [0.2, 0.25) is 5.95 Å². The maximum Gasteiger partial charge on any atom is 0.229 e. The van der Waals surface area contributed by atoms with Gasteiger partial charge >= 0.3 is 0 Å². The van der Waals surface area contributed by atoms with Crippen molar-refractivity contribution in [1.82, 2.24) is 20.2 Å². The molecule has 0 aliphatic rings. The summed E-state index contributed by atoms with van der Waals surface area (Å²) < 4.78 is 0.821. The molecule has 0 bridgehead atoms. The molecule has 0 spiro atoms. The molecule has 0 fully saturated rings. The van der Waals surface area contributed by atoms with Gasteiger partial charge in [-0.1, -0.05) is 24.3 Å². The third kappa shape index (κ3) is 3.52. The number of rotatable bonds is 5. The summed E-state index contributed by atoms with van der Waals surface area (Å²) in [6.45, 7) is 2.80. The molecule has 0 aliphatic heterocycles. The van der Waals surface area contributed by atoms with E-state index in [0.29, 0.717) is 12.5 Å². The van der Waals surface area contributed by atoms with E-state index in [9.17, 15) is 0 Å². The number of hydrogen-bond acceptors (Lipinski definition) is 5. The van der Waals surface area contributed by atoms with E-state index < -0.39 is 0 Å². The molecule has 0 atom stereocenters. The minimum absolute atomic E-state index is 0.531. The van der Waals surface area contributed by atoms with Gasteiger partial charge in [0.25, 0.3) is 0 Å². The number of nitrogens with one attached hydrogen (secondary N) is 3. The van der Waals surface area contributed by atoms with Crippen LogP contribution in [0.25, 0.3) is 10.9 Å². The Labute approximate surface area is 159 Å². The van der Waals surface area contributed by atoms with Crippen LogP contribution in [0.5, 0.6) is 0 Å². The van der Waals surface area contributed by atoms with Crippen molar-refractivity contribution in [1.29, 1.82) is 0 Å². The van der Waals surface area contributed by atoms with E-state index in [1.807, 2.05) is 30.3 Å². The average molecular weight is 409 g/mol. The van der Waals surface area contributed by atoms with Crippen LogP contribution < -0.4 is 10.6 Å². The SMILES string of the molecule is Cc1ccccc1CNc1nc(Nc2ccc3[nH]ncc3c2)ncc1Br. The largest absolute Gasteiger partial charge is 0.365 e. The Morgan fingerprint density at radius 1 is 1.12 bits per heavy atom. The Bertz CT molecular complexity index is 1060. The van der Waals surface area contributed by atoms with Gasteiger partial charge in [-0.2, -0.15) is 10.1 Å². The summed E-state index contributed by atoms with van der Waals surface area (Å²) in [5, 5.41) is 14.6. The van der Waals surface area contributed by atoms with Gasteiger partial charge in [0, 0.05) is 23.8 Å². The van der Waals surface area contributed by atoms with E-state index in [4.69, 9.17) is 0 Å². The number of aromatic nitrogens is 4. The minimum Gasteiger partial charge on any atom is -0.365 e. The molecule has 130 valence electrons. The first-order valence-electron chi connectivity index (χ1n) is 8.20. The maximum atomic E-state index is 4.58. The second-order valence-electron chi connectivity index (χ2n) is 5.97. The summed E-state index contributed by atoms with van der Waals surface area (Å²) in [5.41, 5.74) is 4.38. The van der Waals surface area contributed by atoms with Crippen molar-refractivity contribution in [2.24, 2.45) is 0 Å². The molecule has 6 nitrogen and oxygen atoms in total. The van der Waals surface area contributed by atoms with Crippen LogP contribution >= 0.6 is 15.9 Å². The standard InChI is InChI=1S/C19H17BrN6/c1-12-4-2-3-5-13(12)9-21-18-16(20)11-22-19(25-18)24-15-6-7-17-14(8-15)10-23-26-17/h2-8,10-11H,9H2,1H3,(H,23,26)(H2,21,22,24,25). The summed E-state index contributed by atoms with van der Waals surface area (Å²) >= 11 is 3.51. The molecular weight excluding hydrogens is 392 g/mol. The first-order chi connectivity index (χ1) is 12.7. The van der Waals surface area contributed by atoms with E-state index in [2.05, 4.69) is 65.8 Å². The lowest BCUT2D eigenvalue weighted by Gasteiger charge is -2.11. The molecular formula is C19H17BrN6. The van der Waals surface area contributed by atoms with Gasteiger partial charge < -0.3 is 10.6 Å². The van der Waals surface area contributed by atoms with Crippen LogP contribution in [0.3, 0.4) is 0 Å². The van der Waals surface area contributed by atoms with Gasteiger partial charge in [0.1, 0.15) is 5.82 Å². The molecule has 0 saturated heterocycles. The molecule has 2 aromatic carbocycles. The number of hydrogen-bond donors (Lipinski definition) is 3. The summed E-state index contributed by atoms with van der Waals surface area (Å²) in [6.07, 6.45) is 3.53. The van der Waals surface area contributed by atoms with Gasteiger partial charge in [-0.25, -0.2) is 4.98 Å². The number of aryl methyl sites for hydroxylation is 1. The smallest absolute Gasteiger partial charge is 0.229 e. The second kappa shape index (κ2) is 7.13. The Morgan fingerprint density at radius 3 is 2.88 bits per heavy atom. The lowest BCUT2D eigenvalue weighted by Crippen LogP contribution is -2.06. The van der Waals surface area contributed by atoms with Gasteiger partial charge in [0.15, 0.2) is 0 Å². The van der Waals surface area contributed by atoms with Crippen LogP contribution in [-0.4, -0.2) is 20.2 Å². The predicted octanol–water partition coefficient (Wildman–Crippen LogP) is 4.78. The topological polar surface area (TPSA) is 78.5 Å². The number of aromatic amines is 1. The van der Waals surface area contributed by atoms with Crippen molar-refractivity contribution in [3.8, 4) is 0 Å². The maximum absolute atomic E-state index is 4.58. The highest BCUT2D eigenvalue weighted by atomic mass is 79.9. The van der Waals surface area contributed by atoms with Gasteiger partial charge in [0.05, 0.1) is 16.2 Å². The Hall–Kier alpha value is -2.93.